The van der Waals surface area contributed by atoms with Gasteiger partial charge in [0.2, 0.25) is 0 Å². The maximum atomic E-state index is 12.9. The first-order chi connectivity index (χ1) is 34.0. The number of carbonyl (C=O) groups excluding carboxylic acids is 1. The number of aliphatic hydroxyl groups is 5. The average molecular weight is 1010 g/mol. The van der Waals surface area contributed by atoms with Gasteiger partial charge in [0.1, 0.15) is 42.7 Å². The molecule has 0 heterocycles. The summed E-state index contributed by atoms with van der Waals surface area (Å²) in [6, 6.07) is 0. The summed E-state index contributed by atoms with van der Waals surface area (Å²) < 4.78 is 34.3. The van der Waals surface area contributed by atoms with Crippen LogP contribution in [-0.2, 0) is 27.9 Å². The van der Waals surface area contributed by atoms with Gasteiger partial charge >= 0.3 is 13.8 Å². The highest BCUT2D eigenvalue weighted by Crippen LogP contribution is 2.47. The molecule has 1 aliphatic rings. The molecule has 0 amide bonds. The topological polar surface area (TPSA) is 192 Å². The Labute approximate surface area is 424 Å². The SMILES string of the molecule is CC/C=C\C/C=C\C/C=C\C/C=C\CCCCCCCCCCCCCOCC(COP(=O)(O)OC1C(O)C(O)C(O)C(O)C1O)OC(=O)CCCCCCCC/C=C\C/C=C\C/C=C\C/C=C\CC. The van der Waals surface area contributed by atoms with Crippen molar-refractivity contribution in [2.75, 3.05) is 19.8 Å². The van der Waals surface area contributed by atoms with Gasteiger partial charge < -0.3 is 39.9 Å². The number of phosphoric ester groups is 1. The highest BCUT2D eigenvalue weighted by molar-refractivity contribution is 7.47. The van der Waals surface area contributed by atoms with Crippen LogP contribution in [0.25, 0.3) is 0 Å². The maximum Gasteiger partial charge on any atom is 0.472 e. The molecular weight excluding hydrogens is 908 g/mol. The average Bonchev–Trinajstić information content (AvgIpc) is 3.35. The van der Waals surface area contributed by atoms with Crippen LogP contribution in [0.5, 0.6) is 0 Å². The van der Waals surface area contributed by atoms with Gasteiger partial charge in [-0.2, -0.15) is 0 Å². The quantitative estimate of drug-likeness (QED) is 0.0147. The van der Waals surface area contributed by atoms with Crippen LogP contribution >= 0.6 is 7.82 Å². The lowest BCUT2D eigenvalue weighted by atomic mass is 9.85. The number of carbonyl (C=O) groups is 1. The molecule has 0 aromatic rings. The Kier molecular flexibility index (Phi) is 43.0. The molecule has 0 radical (unpaired) electrons. The number of hydrogen-bond acceptors (Lipinski definition) is 11. The summed E-state index contributed by atoms with van der Waals surface area (Å²) in [4.78, 5) is 23.3. The molecule has 12 nitrogen and oxygen atoms in total. The molecule has 1 saturated carbocycles. The van der Waals surface area contributed by atoms with E-state index < -0.39 is 63.1 Å². The zero-order valence-electron chi connectivity index (χ0n) is 43.3. The molecule has 6 unspecified atom stereocenters. The maximum absolute atomic E-state index is 12.9. The molecule has 0 spiro atoms. The first kappa shape index (κ1) is 65.3. The summed E-state index contributed by atoms with van der Waals surface area (Å²) in [7, 11) is -5.04. The van der Waals surface area contributed by atoms with Crippen molar-refractivity contribution in [3.05, 3.63) is 97.2 Å². The van der Waals surface area contributed by atoms with Crippen molar-refractivity contribution in [1.82, 2.24) is 0 Å². The molecule has 0 aliphatic heterocycles. The Hall–Kier alpha value is -2.74. The molecule has 1 aliphatic carbocycles. The van der Waals surface area contributed by atoms with Gasteiger partial charge in [0, 0.05) is 13.0 Å². The van der Waals surface area contributed by atoms with E-state index in [1.54, 1.807) is 0 Å². The van der Waals surface area contributed by atoms with Crippen molar-refractivity contribution >= 4 is 13.8 Å². The number of aliphatic hydroxyl groups excluding tert-OH is 5. The lowest BCUT2D eigenvalue weighted by molar-refractivity contribution is -0.220. The molecule has 402 valence electrons. The fourth-order valence-electron chi connectivity index (χ4n) is 7.75. The van der Waals surface area contributed by atoms with Crippen molar-refractivity contribution in [3.8, 4) is 0 Å². The minimum absolute atomic E-state index is 0.0905. The third-order valence-electron chi connectivity index (χ3n) is 12.0. The summed E-state index contributed by atoms with van der Waals surface area (Å²) in [6.45, 7) is 4.02. The minimum atomic E-state index is -5.04. The van der Waals surface area contributed by atoms with Gasteiger partial charge in [-0.1, -0.05) is 195 Å². The van der Waals surface area contributed by atoms with E-state index in [0.29, 0.717) is 13.0 Å². The van der Waals surface area contributed by atoms with Crippen molar-refractivity contribution in [2.45, 2.75) is 236 Å². The number of rotatable bonds is 45. The van der Waals surface area contributed by atoms with Crippen LogP contribution in [0.15, 0.2) is 97.2 Å². The smallest absolute Gasteiger partial charge is 0.457 e. The normalized spacial score (nSPS) is 21.7. The number of unbranched alkanes of at least 4 members (excludes halogenated alkanes) is 17. The van der Waals surface area contributed by atoms with Gasteiger partial charge in [0.05, 0.1) is 13.2 Å². The van der Waals surface area contributed by atoms with Crippen LogP contribution in [0.4, 0.5) is 0 Å². The van der Waals surface area contributed by atoms with Crippen LogP contribution in [0.3, 0.4) is 0 Å². The Morgan fingerprint density at radius 2 is 0.800 bits per heavy atom. The number of phosphoric acid groups is 1. The lowest BCUT2D eigenvalue weighted by Gasteiger charge is -2.41. The van der Waals surface area contributed by atoms with Gasteiger partial charge in [-0.15, -0.1) is 0 Å². The second kappa shape index (κ2) is 46.1. The standard InChI is InChI=1S/C57H97O12P/c1-3-5-7-9-11-13-15-17-19-21-23-24-25-26-27-29-31-33-35-37-39-41-43-45-47-66-48-50(49-67-70(64,65)69-57-55(62)53(60)52(59)54(61)56(57)63)68-51(58)46-44-42-40-38-36-34-32-30-28-22-20-18-16-14-12-10-8-6-4-2/h5-8,11-14,17-20,23-24,28,30,50,52-57,59-63H,3-4,9-10,15-16,21-22,25-27,29,31-49H2,1-2H3,(H,64,65)/b7-5-,8-6-,13-11-,14-12-,19-17-,20-18-,24-23-,30-28-. The monoisotopic (exact) mass is 1000 g/mol. The van der Waals surface area contributed by atoms with Gasteiger partial charge in [-0.25, -0.2) is 4.57 Å². The van der Waals surface area contributed by atoms with Crippen molar-refractivity contribution < 1.29 is 58.3 Å². The van der Waals surface area contributed by atoms with E-state index in [1.807, 2.05) is 0 Å². The number of ether oxygens (including phenoxy) is 2. The first-order valence-corrected chi connectivity index (χ1v) is 28.6. The molecule has 6 N–H and O–H groups in total. The first-order valence-electron chi connectivity index (χ1n) is 27.1. The molecule has 1 rings (SSSR count). The van der Waals surface area contributed by atoms with E-state index in [-0.39, 0.29) is 13.0 Å². The Morgan fingerprint density at radius 1 is 0.457 bits per heavy atom. The van der Waals surface area contributed by atoms with E-state index in [0.717, 1.165) is 122 Å². The summed E-state index contributed by atoms with van der Waals surface area (Å²) in [5.74, 6) is -0.495. The largest absolute Gasteiger partial charge is 0.472 e. The zero-order valence-corrected chi connectivity index (χ0v) is 44.2. The van der Waals surface area contributed by atoms with Gasteiger partial charge in [-0.05, 0) is 89.9 Å². The predicted molar refractivity (Wildman–Crippen MR) is 285 cm³/mol. The Balaban J connectivity index is 2.32. The lowest BCUT2D eigenvalue weighted by Crippen LogP contribution is -2.64. The van der Waals surface area contributed by atoms with E-state index in [4.69, 9.17) is 18.5 Å². The zero-order chi connectivity index (χ0) is 51.2. The highest BCUT2D eigenvalue weighted by Gasteiger charge is 2.51. The Bertz CT molecular complexity index is 1520. The summed E-state index contributed by atoms with van der Waals surface area (Å²) in [5, 5.41) is 50.4. The second-order valence-corrected chi connectivity index (χ2v) is 19.7. The fraction of sp³-hybridized carbons (Fsp3) is 0.702. The van der Waals surface area contributed by atoms with Crippen LogP contribution in [0.1, 0.15) is 194 Å². The van der Waals surface area contributed by atoms with E-state index in [9.17, 15) is 39.8 Å². The van der Waals surface area contributed by atoms with Gasteiger partial charge in [0.25, 0.3) is 0 Å². The van der Waals surface area contributed by atoms with Gasteiger partial charge in [-0.3, -0.25) is 13.8 Å². The molecule has 70 heavy (non-hydrogen) atoms. The molecule has 6 atom stereocenters. The van der Waals surface area contributed by atoms with E-state index in [2.05, 4.69) is 111 Å². The van der Waals surface area contributed by atoms with Crippen LogP contribution < -0.4 is 0 Å². The van der Waals surface area contributed by atoms with Crippen molar-refractivity contribution in [1.29, 1.82) is 0 Å². The van der Waals surface area contributed by atoms with Crippen molar-refractivity contribution in [3.63, 3.8) is 0 Å². The minimum Gasteiger partial charge on any atom is -0.457 e. The molecule has 0 aromatic carbocycles. The number of esters is 1. The third-order valence-corrected chi connectivity index (χ3v) is 12.9. The molecule has 0 bridgehead atoms. The third kappa shape index (κ3) is 37.1. The molecule has 13 heteroatoms. The van der Waals surface area contributed by atoms with Crippen LogP contribution in [-0.4, -0.2) is 98.9 Å². The number of hydrogen-bond donors (Lipinski definition) is 6. The molecular formula is C57H97O12P. The second-order valence-electron chi connectivity index (χ2n) is 18.3. The van der Waals surface area contributed by atoms with Crippen LogP contribution in [0.2, 0.25) is 0 Å². The van der Waals surface area contributed by atoms with Crippen molar-refractivity contribution in [2.24, 2.45) is 0 Å². The molecule has 0 aromatic heterocycles. The van der Waals surface area contributed by atoms with E-state index >= 15 is 0 Å². The highest BCUT2D eigenvalue weighted by atomic mass is 31.2. The number of allylic oxidation sites excluding steroid dienone is 16. The van der Waals surface area contributed by atoms with E-state index in [1.165, 1.54) is 44.9 Å². The summed E-state index contributed by atoms with van der Waals surface area (Å²) >= 11 is 0. The molecule has 0 saturated heterocycles. The predicted octanol–water partition coefficient (Wildman–Crippen LogP) is 12.6. The summed E-state index contributed by atoms with van der Waals surface area (Å²) in [5.41, 5.74) is 0. The molecule has 1 fully saturated rings. The Morgan fingerprint density at radius 3 is 1.21 bits per heavy atom. The van der Waals surface area contributed by atoms with Gasteiger partial charge in [0.15, 0.2) is 0 Å². The fourth-order valence-corrected chi connectivity index (χ4v) is 8.72. The van der Waals surface area contributed by atoms with Crippen LogP contribution in [0, 0.1) is 0 Å². The summed E-state index contributed by atoms with van der Waals surface area (Å²) in [6.07, 6.45) is 51.8.